The molecule has 0 rings (SSSR count). The number of rotatable bonds is 8. The first-order chi connectivity index (χ1) is 7.81. The van der Waals surface area contributed by atoms with E-state index in [2.05, 4.69) is 12.2 Å². The van der Waals surface area contributed by atoms with Crippen LogP contribution in [-0.4, -0.2) is 40.0 Å². The second-order valence-corrected chi connectivity index (χ2v) is 2.94. The zero-order valence-corrected chi connectivity index (χ0v) is 12.4. The average molecular weight is 235 g/mol. The van der Waals surface area contributed by atoms with E-state index in [1.54, 1.807) is 7.11 Å². The second-order valence-electron chi connectivity index (χ2n) is 2.94. The highest BCUT2D eigenvalue weighted by Crippen LogP contribution is 1.95. The molecule has 0 radical (unpaired) electrons. The van der Waals surface area contributed by atoms with Gasteiger partial charge in [0, 0.05) is 19.8 Å². The van der Waals surface area contributed by atoms with Gasteiger partial charge in [0.1, 0.15) is 0 Å². The van der Waals surface area contributed by atoms with Gasteiger partial charge in [-0.2, -0.15) is 0 Å². The molecule has 0 saturated carbocycles. The Bertz CT molecular complexity index is 90.0. The number of methoxy groups -OCH3 is 1. The van der Waals surface area contributed by atoms with Crippen LogP contribution >= 0.6 is 0 Å². The number of ether oxygens (including phenoxy) is 2. The molecule has 0 aliphatic rings. The first kappa shape index (κ1) is 21.2. The maximum Gasteiger partial charge on any atom is 0.0700 e. The Balaban J connectivity index is -0.000000376. The summed E-state index contributed by atoms with van der Waals surface area (Å²) in [5.41, 5.74) is 0. The van der Waals surface area contributed by atoms with Crippen molar-refractivity contribution in [3.63, 3.8) is 0 Å². The van der Waals surface area contributed by atoms with Crippen molar-refractivity contribution in [1.82, 2.24) is 5.32 Å². The number of hydrogen-bond donors (Lipinski definition) is 1. The summed E-state index contributed by atoms with van der Waals surface area (Å²) in [7, 11) is 3.67. The lowest BCUT2D eigenvalue weighted by Crippen LogP contribution is -2.21. The van der Waals surface area contributed by atoms with Crippen molar-refractivity contribution in [1.29, 1.82) is 0 Å². The topological polar surface area (TPSA) is 30.5 Å². The van der Waals surface area contributed by atoms with Crippen LogP contribution < -0.4 is 5.32 Å². The summed E-state index contributed by atoms with van der Waals surface area (Å²) in [6.45, 7) is 12.4. The van der Waals surface area contributed by atoms with Crippen LogP contribution in [0.3, 0.4) is 0 Å². The van der Waals surface area contributed by atoms with Crippen LogP contribution in [0.2, 0.25) is 0 Å². The van der Waals surface area contributed by atoms with E-state index in [4.69, 9.17) is 9.47 Å². The summed E-state index contributed by atoms with van der Waals surface area (Å²) in [6.07, 6.45) is 2.29. The molecule has 0 heterocycles. The SMILES string of the molecule is CC.CC.CNC(C)CCCOCCOC. The molecule has 16 heavy (non-hydrogen) atoms. The minimum absolute atomic E-state index is 0.594. The van der Waals surface area contributed by atoms with Crippen molar-refractivity contribution in [2.45, 2.75) is 53.5 Å². The number of hydrogen-bond acceptors (Lipinski definition) is 3. The molecule has 0 aromatic carbocycles. The van der Waals surface area contributed by atoms with Crippen molar-refractivity contribution >= 4 is 0 Å². The van der Waals surface area contributed by atoms with Gasteiger partial charge in [0.25, 0.3) is 0 Å². The lowest BCUT2D eigenvalue weighted by molar-refractivity contribution is 0.0680. The van der Waals surface area contributed by atoms with E-state index < -0.39 is 0 Å². The predicted octanol–water partition coefficient (Wildman–Crippen LogP) is 3.09. The third kappa shape index (κ3) is 23.6. The summed E-state index contributed by atoms with van der Waals surface area (Å²) in [4.78, 5) is 0. The Morgan fingerprint density at radius 2 is 1.56 bits per heavy atom. The molecule has 0 amide bonds. The van der Waals surface area contributed by atoms with Crippen LogP contribution in [0.5, 0.6) is 0 Å². The standard InChI is InChI=1S/C9H21NO2.2C2H6/c1-9(10-2)5-4-6-12-8-7-11-3;2*1-2/h9-10H,4-8H2,1-3H3;2*1-2H3. The molecular weight excluding hydrogens is 202 g/mol. The minimum Gasteiger partial charge on any atom is -0.382 e. The van der Waals surface area contributed by atoms with Crippen LogP contribution in [0, 0.1) is 0 Å². The number of nitrogens with one attached hydrogen (secondary N) is 1. The van der Waals surface area contributed by atoms with Crippen molar-refractivity contribution in [2.75, 3.05) is 34.0 Å². The van der Waals surface area contributed by atoms with Gasteiger partial charge in [-0.1, -0.05) is 27.7 Å². The van der Waals surface area contributed by atoms with E-state index >= 15 is 0 Å². The lowest BCUT2D eigenvalue weighted by atomic mass is 10.2. The molecule has 3 heteroatoms. The monoisotopic (exact) mass is 235 g/mol. The maximum atomic E-state index is 5.32. The summed E-state index contributed by atoms with van der Waals surface area (Å²) in [5.74, 6) is 0. The van der Waals surface area contributed by atoms with Crippen LogP contribution in [0.25, 0.3) is 0 Å². The van der Waals surface area contributed by atoms with Gasteiger partial charge in [-0.15, -0.1) is 0 Å². The Labute approximate surface area is 103 Å². The van der Waals surface area contributed by atoms with E-state index in [0.29, 0.717) is 19.3 Å². The quantitative estimate of drug-likeness (QED) is 0.656. The van der Waals surface area contributed by atoms with Crippen molar-refractivity contribution in [2.24, 2.45) is 0 Å². The molecule has 102 valence electrons. The molecule has 0 saturated heterocycles. The second kappa shape index (κ2) is 24.2. The molecule has 0 fully saturated rings. The minimum atomic E-state index is 0.594. The third-order valence-electron chi connectivity index (χ3n) is 1.85. The molecule has 1 N–H and O–H groups in total. The zero-order valence-electron chi connectivity index (χ0n) is 12.4. The Morgan fingerprint density at radius 1 is 1.00 bits per heavy atom. The fraction of sp³-hybridized carbons (Fsp3) is 1.00. The van der Waals surface area contributed by atoms with Gasteiger partial charge in [0.2, 0.25) is 0 Å². The molecule has 0 spiro atoms. The van der Waals surface area contributed by atoms with Gasteiger partial charge in [-0.25, -0.2) is 0 Å². The Kier molecular flexibility index (Phi) is 32.1. The fourth-order valence-corrected chi connectivity index (χ4v) is 0.880. The highest BCUT2D eigenvalue weighted by atomic mass is 16.5. The molecule has 1 atom stereocenters. The largest absolute Gasteiger partial charge is 0.382 e. The fourth-order valence-electron chi connectivity index (χ4n) is 0.880. The van der Waals surface area contributed by atoms with E-state index in [-0.39, 0.29) is 0 Å². The smallest absolute Gasteiger partial charge is 0.0700 e. The normalized spacial score (nSPS) is 10.7. The van der Waals surface area contributed by atoms with Crippen LogP contribution in [0.4, 0.5) is 0 Å². The summed E-state index contributed by atoms with van der Waals surface area (Å²) < 4.78 is 10.2. The molecule has 0 aromatic rings. The van der Waals surface area contributed by atoms with Gasteiger partial charge < -0.3 is 14.8 Å². The first-order valence-corrected chi connectivity index (χ1v) is 6.55. The third-order valence-corrected chi connectivity index (χ3v) is 1.85. The maximum absolute atomic E-state index is 5.32. The summed E-state index contributed by atoms with van der Waals surface area (Å²) >= 11 is 0. The van der Waals surface area contributed by atoms with Gasteiger partial charge in [0.15, 0.2) is 0 Å². The summed E-state index contributed by atoms with van der Waals surface area (Å²) in [5, 5.41) is 3.19. The van der Waals surface area contributed by atoms with Gasteiger partial charge in [-0.05, 0) is 26.8 Å². The summed E-state index contributed by atoms with van der Waals surface area (Å²) in [6, 6.07) is 0.594. The molecule has 1 unspecified atom stereocenters. The molecule has 0 aromatic heterocycles. The van der Waals surface area contributed by atoms with Crippen LogP contribution in [0.15, 0.2) is 0 Å². The van der Waals surface area contributed by atoms with E-state index in [1.165, 1.54) is 6.42 Å². The van der Waals surface area contributed by atoms with E-state index in [1.807, 2.05) is 34.7 Å². The molecule has 0 aliphatic heterocycles. The van der Waals surface area contributed by atoms with Crippen molar-refractivity contribution in [3.05, 3.63) is 0 Å². The van der Waals surface area contributed by atoms with Crippen LogP contribution in [0.1, 0.15) is 47.5 Å². The van der Waals surface area contributed by atoms with Crippen molar-refractivity contribution in [3.8, 4) is 0 Å². The molecule has 0 bridgehead atoms. The average Bonchev–Trinajstić information content (AvgIpc) is 2.38. The van der Waals surface area contributed by atoms with Gasteiger partial charge in [0.05, 0.1) is 13.2 Å². The van der Waals surface area contributed by atoms with Crippen molar-refractivity contribution < 1.29 is 9.47 Å². The van der Waals surface area contributed by atoms with Gasteiger partial charge >= 0.3 is 0 Å². The Morgan fingerprint density at radius 3 is 2.00 bits per heavy atom. The molecular formula is C13H33NO2. The molecule has 3 nitrogen and oxygen atoms in total. The first-order valence-electron chi connectivity index (χ1n) is 6.55. The van der Waals surface area contributed by atoms with E-state index in [0.717, 1.165) is 13.0 Å². The molecule has 0 aliphatic carbocycles. The van der Waals surface area contributed by atoms with Gasteiger partial charge in [-0.3, -0.25) is 0 Å². The highest BCUT2D eigenvalue weighted by Gasteiger charge is 1.96. The zero-order chi connectivity index (χ0) is 13.2. The lowest BCUT2D eigenvalue weighted by Gasteiger charge is -2.09. The highest BCUT2D eigenvalue weighted by molar-refractivity contribution is 4.55. The predicted molar refractivity (Wildman–Crippen MR) is 73.1 cm³/mol. The van der Waals surface area contributed by atoms with Crippen LogP contribution in [-0.2, 0) is 9.47 Å². The Hall–Kier alpha value is -0.120. The van der Waals surface area contributed by atoms with E-state index in [9.17, 15) is 0 Å².